The summed E-state index contributed by atoms with van der Waals surface area (Å²) in [5.41, 5.74) is 4.20. The van der Waals surface area contributed by atoms with E-state index in [0.29, 0.717) is 28.9 Å². The molecule has 0 bridgehead atoms. The Morgan fingerprint density at radius 1 is 0.884 bits per heavy atom. The van der Waals surface area contributed by atoms with Crippen molar-refractivity contribution in [2.24, 2.45) is 5.92 Å². The highest BCUT2D eigenvalue weighted by Crippen LogP contribution is 2.55. The Labute approximate surface area is 254 Å². The molecule has 0 N–H and O–H groups in total. The molecule has 4 aliphatic rings. The van der Waals surface area contributed by atoms with Gasteiger partial charge in [0, 0.05) is 12.8 Å². The molecule has 3 aliphatic carbocycles. The normalized spacial score (nSPS) is 25.2. The van der Waals surface area contributed by atoms with Crippen molar-refractivity contribution >= 4 is 21.4 Å². The highest BCUT2D eigenvalue weighted by molar-refractivity contribution is 7.92. The predicted molar refractivity (Wildman–Crippen MR) is 164 cm³/mol. The molecule has 43 heavy (non-hydrogen) atoms. The van der Waals surface area contributed by atoms with Gasteiger partial charge in [0.25, 0.3) is 0 Å². The molecular formula is C36H38O6S. The van der Waals surface area contributed by atoms with E-state index in [9.17, 15) is 13.2 Å². The second-order valence-corrected chi connectivity index (χ2v) is 14.6. The number of ether oxygens (including phenoxy) is 3. The maximum absolute atomic E-state index is 13.3. The summed E-state index contributed by atoms with van der Waals surface area (Å²) in [4.78, 5) is 13.8. The van der Waals surface area contributed by atoms with Crippen LogP contribution in [0.3, 0.4) is 0 Å². The largest absolute Gasteiger partial charge is 0.462 e. The average molecular weight is 599 g/mol. The van der Waals surface area contributed by atoms with Gasteiger partial charge in [0.1, 0.15) is 12.2 Å². The van der Waals surface area contributed by atoms with Gasteiger partial charge in [0.05, 0.1) is 22.3 Å². The van der Waals surface area contributed by atoms with Crippen molar-refractivity contribution in [2.75, 3.05) is 6.61 Å². The van der Waals surface area contributed by atoms with Gasteiger partial charge in [-0.3, -0.25) is 0 Å². The van der Waals surface area contributed by atoms with Crippen molar-refractivity contribution in [3.8, 4) is 0 Å². The van der Waals surface area contributed by atoms with Crippen LogP contribution >= 0.6 is 0 Å². The summed E-state index contributed by atoms with van der Waals surface area (Å²) < 4.78 is 45.5. The molecule has 4 fully saturated rings. The van der Waals surface area contributed by atoms with E-state index in [2.05, 4.69) is 24.3 Å². The first-order valence-electron chi connectivity index (χ1n) is 15.6. The summed E-state index contributed by atoms with van der Waals surface area (Å²) >= 11 is 0. The van der Waals surface area contributed by atoms with Crippen LogP contribution in [0.15, 0.2) is 89.8 Å². The van der Waals surface area contributed by atoms with Crippen molar-refractivity contribution in [1.82, 2.24) is 0 Å². The molecule has 3 saturated carbocycles. The van der Waals surface area contributed by atoms with E-state index in [-0.39, 0.29) is 41.9 Å². The summed E-state index contributed by atoms with van der Waals surface area (Å²) in [7, 11) is -3.34. The summed E-state index contributed by atoms with van der Waals surface area (Å²) in [5, 5.41) is -0.267. The van der Waals surface area contributed by atoms with Gasteiger partial charge in [-0.2, -0.15) is 0 Å². The first kappa shape index (κ1) is 28.5. The van der Waals surface area contributed by atoms with Crippen molar-refractivity contribution in [3.05, 3.63) is 107 Å². The molecule has 1 saturated heterocycles. The lowest BCUT2D eigenvalue weighted by Gasteiger charge is -2.23. The number of esters is 1. The van der Waals surface area contributed by atoms with Crippen molar-refractivity contribution in [3.63, 3.8) is 0 Å². The number of benzene rings is 3. The number of rotatable bonds is 9. The molecule has 7 rings (SSSR count). The third-order valence-corrected chi connectivity index (χ3v) is 11.5. The Hall–Kier alpha value is -3.26. The Kier molecular flexibility index (Phi) is 7.52. The van der Waals surface area contributed by atoms with Crippen LogP contribution in [0.5, 0.6) is 0 Å². The lowest BCUT2D eigenvalue weighted by molar-refractivity contribution is -0.172. The molecule has 1 aliphatic heterocycles. The summed E-state index contributed by atoms with van der Waals surface area (Å²) in [6.45, 7) is 2.06. The predicted octanol–water partition coefficient (Wildman–Crippen LogP) is 7.47. The third-order valence-electron chi connectivity index (χ3n) is 9.19. The highest BCUT2D eigenvalue weighted by Gasteiger charge is 2.52. The summed E-state index contributed by atoms with van der Waals surface area (Å²) in [6, 6.07) is 25.9. The quantitative estimate of drug-likeness (QED) is 0.188. The second kappa shape index (κ2) is 11.3. The molecule has 3 aromatic rings. The molecular weight excluding hydrogens is 560 g/mol. The zero-order valence-electron chi connectivity index (χ0n) is 24.5. The molecule has 224 valence electrons. The Balaban J connectivity index is 1.19. The zero-order chi connectivity index (χ0) is 29.6. The molecule has 7 heteroatoms. The number of sulfone groups is 1. The molecule has 1 spiro atoms. The van der Waals surface area contributed by atoms with E-state index in [1.54, 1.807) is 19.1 Å². The molecule has 1 heterocycles. The SMILES string of the molecule is CCOC(=O)/C(=C/[C@H]1CCC2(C1)O[C@H](c1ccccc1)[C@@H](c1ccccc1)O2)c1ccc(S(=O)(=O)C2CC2)c(C2CC2)c1. The van der Waals surface area contributed by atoms with Gasteiger partial charge in [-0.25, -0.2) is 13.2 Å². The van der Waals surface area contributed by atoms with Gasteiger partial charge in [-0.15, -0.1) is 0 Å². The highest BCUT2D eigenvalue weighted by atomic mass is 32.2. The van der Waals surface area contributed by atoms with E-state index in [0.717, 1.165) is 48.8 Å². The zero-order valence-corrected chi connectivity index (χ0v) is 25.3. The maximum Gasteiger partial charge on any atom is 0.338 e. The van der Waals surface area contributed by atoms with E-state index in [1.165, 1.54) is 0 Å². The minimum atomic E-state index is -3.34. The summed E-state index contributed by atoms with van der Waals surface area (Å²) in [6.07, 6.45) is 7.06. The number of hydrogen-bond donors (Lipinski definition) is 0. The Morgan fingerprint density at radius 2 is 1.51 bits per heavy atom. The first-order valence-corrected chi connectivity index (χ1v) is 17.1. The van der Waals surface area contributed by atoms with Crippen LogP contribution in [0.25, 0.3) is 5.57 Å². The standard InChI is InChI=1S/C36H38O6S/c1-2-40-35(37)31(28-15-18-32(30(22-28)25-13-14-25)43(38,39)29-16-17-29)21-24-19-20-36(23-24)41-33(26-9-5-3-6-10-26)34(42-36)27-11-7-4-8-12-27/h3-12,15,18,21-22,24-25,29,33-34H,2,13-14,16-17,19-20,23H2,1H3/b31-21+/t24-,33-,34-/m1/s1. The van der Waals surface area contributed by atoms with Crippen molar-refractivity contribution in [2.45, 2.75) is 85.9 Å². The first-order chi connectivity index (χ1) is 20.9. The molecule has 6 nitrogen and oxygen atoms in total. The average Bonchev–Trinajstić information content (AvgIpc) is 3.97. The molecule has 3 atom stereocenters. The van der Waals surface area contributed by atoms with Crippen LogP contribution in [-0.4, -0.2) is 32.0 Å². The summed E-state index contributed by atoms with van der Waals surface area (Å²) in [5.74, 6) is -0.888. The van der Waals surface area contributed by atoms with Gasteiger partial charge >= 0.3 is 5.97 Å². The molecule has 0 aromatic heterocycles. The van der Waals surface area contributed by atoms with E-state index in [1.807, 2.05) is 48.5 Å². The van der Waals surface area contributed by atoms with Crippen LogP contribution in [-0.2, 0) is 28.8 Å². The van der Waals surface area contributed by atoms with Crippen LogP contribution in [0.1, 0.15) is 92.2 Å². The fourth-order valence-electron chi connectivity index (χ4n) is 6.72. The van der Waals surface area contributed by atoms with E-state index < -0.39 is 15.6 Å². The molecule has 3 aromatic carbocycles. The molecule has 0 radical (unpaired) electrons. The smallest absolute Gasteiger partial charge is 0.338 e. The van der Waals surface area contributed by atoms with Gasteiger partial charge in [-0.1, -0.05) is 72.8 Å². The second-order valence-electron chi connectivity index (χ2n) is 12.4. The number of carbonyl (C=O) groups is 1. The molecule has 0 amide bonds. The minimum Gasteiger partial charge on any atom is -0.462 e. The lowest BCUT2D eigenvalue weighted by atomic mass is 9.96. The van der Waals surface area contributed by atoms with Crippen LogP contribution in [0.4, 0.5) is 0 Å². The van der Waals surface area contributed by atoms with Crippen molar-refractivity contribution < 1.29 is 27.4 Å². The van der Waals surface area contributed by atoms with Crippen LogP contribution < -0.4 is 0 Å². The monoisotopic (exact) mass is 598 g/mol. The molecule has 0 unspecified atom stereocenters. The minimum absolute atomic E-state index is 0.0320. The fraction of sp³-hybridized carbons (Fsp3) is 0.417. The third kappa shape index (κ3) is 5.70. The number of allylic oxidation sites excluding steroid dienone is 1. The van der Waals surface area contributed by atoms with Crippen molar-refractivity contribution in [1.29, 1.82) is 0 Å². The van der Waals surface area contributed by atoms with Gasteiger partial charge < -0.3 is 14.2 Å². The maximum atomic E-state index is 13.3. The van der Waals surface area contributed by atoms with E-state index >= 15 is 0 Å². The van der Waals surface area contributed by atoms with Gasteiger partial charge in [-0.05, 0) is 85.3 Å². The Bertz CT molecular complexity index is 1580. The number of carbonyl (C=O) groups excluding carboxylic acids is 1. The van der Waals surface area contributed by atoms with Crippen LogP contribution in [0, 0.1) is 5.92 Å². The fourth-order valence-corrected chi connectivity index (χ4v) is 8.65. The topological polar surface area (TPSA) is 78.9 Å². The Morgan fingerprint density at radius 3 is 2.07 bits per heavy atom. The van der Waals surface area contributed by atoms with E-state index in [4.69, 9.17) is 14.2 Å². The van der Waals surface area contributed by atoms with Crippen LogP contribution in [0.2, 0.25) is 0 Å². The number of hydrogen-bond acceptors (Lipinski definition) is 6. The van der Waals surface area contributed by atoms with Gasteiger partial charge in [0.2, 0.25) is 0 Å². The lowest BCUT2D eigenvalue weighted by Crippen LogP contribution is -2.26. The van der Waals surface area contributed by atoms with Gasteiger partial charge in [0.15, 0.2) is 15.6 Å².